The molecule has 2 aliphatic rings. The molecule has 4 rings (SSSR count). The summed E-state index contributed by atoms with van der Waals surface area (Å²) in [5.74, 6) is -0.378. The molecule has 1 aliphatic carbocycles. The molecule has 128 valence electrons. The first-order valence-corrected chi connectivity index (χ1v) is 8.37. The number of fused-ring (bicyclic) bond motifs is 1. The van der Waals surface area contributed by atoms with E-state index >= 15 is 0 Å². The molecule has 0 aromatic heterocycles. The summed E-state index contributed by atoms with van der Waals surface area (Å²) in [7, 11) is 1.48. The molecule has 1 aliphatic heterocycles. The summed E-state index contributed by atoms with van der Waals surface area (Å²) in [6.07, 6.45) is 0.797. The normalized spacial score (nSPS) is 21.5. The van der Waals surface area contributed by atoms with Crippen molar-refractivity contribution in [1.82, 2.24) is 4.90 Å². The van der Waals surface area contributed by atoms with Gasteiger partial charge in [-0.25, -0.2) is 4.39 Å². The van der Waals surface area contributed by atoms with E-state index in [-0.39, 0.29) is 28.7 Å². The van der Waals surface area contributed by atoms with E-state index in [1.807, 2.05) is 0 Å². The minimum absolute atomic E-state index is 0.0437. The standard InChI is InChI=1S/C19H15ClFNO3/c1-25-17-8-16(21)15(20)7-14(17)13-6-10(13)9-22-18(23)11-4-2-3-5-12(11)19(22)24/h2-5,7-8,10,13H,6,9H2,1H3. The molecule has 0 saturated heterocycles. The zero-order valence-corrected chi connectivity index (χ0v) is 14.2. The topological polar surface area (TPSA) is 46.6 Å². The Bertz CT molecular complexity index is 863. The summed E-state index contributed by atoms with van der Waals surface area (Å²) in [6.45, 7) is 0.342. The fourth-order valence-electron chi connectivity index (χ4n) is 3.48. The molecule has 0 spiro atoms. The Balaban J connectivity index is 1.53. The largest absolute Gasteiger partial charge is 0.496 e. The quantitative estimate of drug-likeness (QED) is 0.778. The van der Waals surface area contributed by atoms with Gasteiger partial charge in [0.1, 0.15) is 11.6 Å². The molecule has 0 N–H and O–H groups in total. The number of rotatable bonds is 4. The molecule has 6 heteroatoms. The minimum atomic E-state index is -0.528. The second kappa shape index (κ2) is 5.85. The second-order valence-corrected chi connectivity index (χ2v) is 6.78. The van der Waals surface area contributed by atoms with E-state index in [9.17, 15) is 14.0 Å². The predicted molar refractivity (Wildman–Crippen MR) is 90.6 cm³/mol. The molecule has 0 radical (unpaired) electrons. The van der Waals surface area contributed by atoms with Gasteiger partial charge < -0.3 is 4.74 Å². The Morgan fingerprint density at radius 3 is 2.44 bits per heavy atom. The van der Waals surface area contributed by atoms with Crippen LogP contribution in [-0.4, -0.2) is 30.4 Å². The molecular formula is C19H15ClFNO3. The van der Waals surface area contributed by atoms with E-state index in [1.165, 1.54) is 18.1 Å². The summed E-state index contributed by atoms with van der Waals surface area (Å²) in [6, 6.07) is 9.68. The van der Waals surface area contributed by atoms with Crippen molar-refractivity contribution in [3.05, 3.63) is 63.9 Å². The first kappa shape index (κ1) is 16.1. The number of amides is 2. The molecule has 2 atom stereocenters. The van der Waals surface area contributed by atoms with Gasteiger partial charge in [0.2, 0.25) is 0 Å². The Morgan fingerprint density at radius 2 is 1.84 bits per heavy atom. The Hall–Kier alpha value is -2.40. The number of nitrogens with zero attached hydrogens (tertiary/aromatic N) is 1. The maximum absolute atomic E-state index is 13.6. The van der Waals surface area contributed by atoms with Crippen molar-refractivity contribution in [2.45, 2.75) is 12.3 Å². The van der Waals surface area contributed by atoms with Crippen molar-refractivity contribution in [3.63, 3.8) is 0 Å². The van der Waals surface area contributed by atoms with Crippen LogP contribution < -0.4 is 4.74 Å². The number of carbonyl (C=O) groups excluding carboxylic acids is 2. The Kier molecular flexibility index (Phi) is 3.76. The first-order chi connectivity index (χ1) is 12.0. The number of halogens is 2. The maximum Gasteiger partial charge on any atom is 0.261 e. The van der Waals surface area contributed by atoms with Crippen molar-refractivity contribution in [2.75, 3.05) is 13.7 Å². The van der Waals surface area contributed by atoms with Gasteiger partial charge in [-0.15, -0.1) is 0 Å². The van der Waals surface area contributed by atoms with E-state index in [0.717, 1.165) is 12.0 Å². The molecule has 2 aromatic rings. The lowest BCUT2D eigenvalue weighted by Crippen LogP contribution is -2.32. The number of methoxy groups -OCH3 is 1. The summed E-state index contributed by atoms with van der Waals surface area (Å²) >= 11 is 5.89. The van der Waals surface area contributed by atoms with Gasteiger partial charge in [0, 0.05) is 12.6 Å². The number of hydrogen-bond donors (Lipinski definition) is 0. The zero-order chi connectivity index (χ0) is 17.7. The van der Waals surface area contributed by atoms with Gasteiger partial charge in [-0.2, -0.15) is 0 Å². The van der Waals surface area contributed by atoms with Gasteiger partial charge in [-0.05, 0) is 42.0 Å². The smallest absolute Gasteiger partial charge is 0.261 e. The molecule has 0 bridgehead atoms. The highest BCUT2D eigenvalue weighted by molar-refractivity contribution is 6.30. The highest BCUT2D eigenvalue weighted by Crippen LogP contribution is 2.52. The molecular weight excluding hydrogens is 345 g/mol. The van der Waals surface area contributed by atoms with Crippen molar-refractivity contribution in [2.24, 2.45) is 5.92 Å². The van der Waals surface area contributed by atoms with Crippen molar-refractivity contribution in [1.29, 1.82) is 0 Å². The third kappa shape index (κ3) is 2.59. The fourth-order valence-corrected chi connectivity index (χ4v) is 3.65. The van der Waals surface area contributed by atoms with Gasteiger partial charge >= 0.3 is 0 Å². The summed E-state index contributed by atoms with van der Waals surface area (Å²) in [5, 5.41) is 0.0437. The number of benzene rings is 2. The van der Waals surface area contributed by atoms with E-state index in [2.05, 4.69) is 0 Å². The van der Waals surface area contributed by atoms with E-state index in [0.29, 0.717) is 23.4 Å². The van der Waals surface area contributed by atoms with Crippen molar-refractivity contribution >= 4 is 23.4 Å². The third-order valence-electron chi connectivity index (χ3n) is 4.89. The highest BCUT2D eigenvalue weighted by Gasteiger charge is 2.45. The lowest BCUT2D eigenvalue weighted by Gasteiger charge is -2.14. The summed E-state index contributed by atoms with van der Waals surface area (Å²) < 4.78 is 18.8. The third-order valence-corrected chi connectivity index (χ3v) is 5.18. The number of hydrogen-bond acceptors (Lipinski definition) is 3. The van der Waals surface area contributed by atoms with Crippen LogP contribution >= 0.6 is 11.6 Å². The number of ether oxygens (including phenoxy) is 1. The molecule has 2 amide bonds. The molecule has 1 heterocycles. The van der Waals surface area contributed by atoms with Gasteiger partial charge in [0.15, 0.2) is 0 Å². The molecule has 25 heavy (non-hydrogen) atoms. The van der Waals surface area contributed by atoms with E-state index in [4.69, 9.17) is 16.3 Å². The summed E-state index contributed by atoms with van der Waals surface area (Å²) in [5.41, 5.74) is 1.72. The summed E-state index contributed by atoms with van der Waals surface area (Å²) in [4.78, 5) is 26.2. The molecule has 1 fully saturated rings. The van der Waals surface area contributed by atoms with Crippen LogP contribution in [-0.2, 0) is 0 Å². The molecule has 2 aromatic carbocycles. The van der Waals surface area contributed by atoms with Crippen LogP contribution in [0.15, 0.2) is 36.4 Å². The second-order valence-electron chi connectivity index (χ2n) is 6.38. The minimum Gasteiger partial charge on any atom is -0.496 e. The zero-order valence-electron chi connectivity index (χ0n) is 13.5. The SMILES string of the molecule is COc1cc(F)c(Cl)cc1C1CC1CN1C(=O)c2ccccc2C1=O. The number of imide groups is 1. The van der Waals surface area contributed by atoms with Crippen molar-refractivity contribution in [3.8, 4) is 5.75 Å². The molecule has 4 nitrogen and oxygen atoms in total. The Labute approximate surface area is 149 Å². The van der Waals surface area contributed by atoms with E-state index < -0.39 is 5.82 Å². The average molecular weight is 360 g/mol. The van der Waals surface area contributed by atoms with Gasteiger partial charge in [0.25, 0.3) is 11.8 Å². The maximum atomic E-state index is 13.6. The lowest BCUT2D eigenvalue weighted by molar-refractivity contribution is 0.0646. The monoisotopic (exact) mass is 359 g/mol. The first-order valence-electron chi connectivity index (χ1n) is 7.99. The highest BCUT2D eigenvalue weighted by atomic mass is 35.5. The molecule has 1 saturated carbocycles. The van der Waals surface area contributed by atoms with Gasteiger partial charge in [0.05, 0.1) is 23.3 Å². The fraction of sp³-hybridized carbons (Fsp3) is 0.263. The lowest BCUT2D eigenvalue weighted by atomic mass is 10.1. The average Bonchev–Trinajstić information content (AvgIpc) is 3.34. The van der Waals surface area contributed by atoms with Crippen LogP contribution in [0.5, 0.6) is 5.75 Å². The Morgan fingerprint density at radius 1 is 1.20 bits per heavy atom. The predicted octanol–water partition coefficient (Wildman–Crippen LogP) is 3.89. The van der Waals surface area contributed by atoms with Crippen LogP contribution in [0.3, 0.4) is 0 Å². The van der Waals surface area contributed by atoms with Crippen LogP contribution in [0, 0.1) is 11.7 Å². The van der Waals surface area contributed by atoms with Crippen LogP contribution in [0.25, 0.3) is 0 Å². The van der Waals surface area contributed by atoms with Gasteiger partial charge in [-0.3, -0.25) is 14.5 Å². The molecule has 2 unspecified atom stereocenters. The van der Waals surface area contributed by atoms with Gasteiger partial charge in [-0.1, -0.05) is 23.7 Å². The number of carbonyl (C=O) groups is 2. The van der Waals surface area contributed by atoms with Crippen LogP contribution in [0.4, 0.5) is 4.39 Å². The van der Waals surface area contributed by atoms with Crippen LogP contribution in [0.2, 0.25) is 5.02 Å². The van der Waals surface area contributed by atoms with E-state index in [1.54, 1.807) is 30.3 Å². The van der Waals surface area contributed by atoms with Crippen LogP contribution in [0.1, 0.15) is 38.6 Å². The van der Waals surface area contributed by atoms with Crippen molar-refractivity contribution < 1.29 is 18.7 Å².